The first-order valence-electron chi connectivity index (χ1n) is 6.32. The van der Waals surface area contributed by atoms with Gasteiger partial charge in [0.05, 0.1) is 5.57 Å². The predicted molar refractivity (Wildman–Crippen MR) is 74.5 cm³/mol. The minimum absolute atomic E-state index is 0.0237. The Morgan fingerprint density at radius 1 is 1.30 bits per heavy atom. The second-order valence-electron chi connectivity index (χ2n) is 4.59. The Morgan fingerprint density at radius 3 is 2.30 bits per heavy atom. The van der Waals surface area contributed by atoms with Gasteiger partial charge in [-0.25, -0.2) is 9.59 Å². The van der Waals surface area contributed by atoms with E-state index in [9.17, 15) is 14.7 Å². The first-order chi connectivity index (χ1) is 9.18. The Hall–Kier alpha value is -1.66. The van der Waals surface area contributed by atoms with Gasteiger partial charge >= 0.3 is 11.9 Å². The molecule has 6 heteroatoms. The normalized spacial score (nSPS) is 14.7. The van der Waals surface area contributed by atoms with Crippen LogP contribution < -0.4 is 0 Å². The zero-order valence-corrected chi connectivity index (χ0v) is 12.7. The zero-order chi connectivity index (χ0) is 15.9. The predicted octanol–water partition coefficient (Wildman–Crippen LogP) is 1.21. The molecule has 0 heterocycles. The molecule has 0 aromatic rings. The molecule has 0 fully saturated rings. The quantitative estimate of drug-likeness (QED) is 0.328. The average Bonchev–Trinajstić information content (AvgIpc) is 2.37. The number of aliphatic hydroxyl groups excluding tert-OH is 1. The van der Waals surface area contributed by atoms with Crippen LogP contribution in [0, 0.1) is 0 Å². The molecule has 0 saturated heterocycles. The number of rotatable bonds is 7. The van der Waals surface area contributed by atoms with Gasteiger partial charge in [-0.3, -0.25) is 4.90 Å². The van der Waals surface area contributed by atoms with Gasteiger partial charge in [-0.05, 0) is 34.0 Å². The molecular formula is C14H23NO5. The van der Waals surface area contributed by atoms with E-state index in [0.29, 0.717) is 0 Å². The highest BCUT2D eigenvalue weighted by molar-refractivity contribution is 5.95. The molecule has 0 aliphatic heterocycles. The van der Waals surface area contributed by atoms with Crippen LogP contribution >= 0.6 is 0 Å². The third-order valence-corrected chi connectivity index (χ3v) is 2.57. The highest BCUT2D eigenvalue weighted by Crippen LogP contribution is 2.08. The van der Waals surface area contributed by atoms with E-state index in [2.05, 4.69) is 11.3 Å². The molecule has 2 atom stereocenters. The lowest BCUT2D eigenvalue weighted by molar-refractivity contribution is -0.162. The van der Waals surface area contributed by atoms with E-state index in [1.165, 1.54) is 13.0 Å². The monoisotopic (exact) mass is 285 g/mol. The summed E-state index contributed by atoms with van der Waals surface area (Å²) in [5.41, 5.74) is 0.205. The summed E-state index contributed by atoms with van der Waals surface area (Å²) in [7, 11) is 3.55. The number of carbonyl (C=O) groups is 2. The van der Waals surface area contributed by atoms with Crippen molar-refractivity contribution in [3.63, 3.8) is 0 Å². The van der Waals surface area contributed by atoms with Crippen molar-refractivity contribution in [1.29, 1.82) is 0 Å². The van der Waals surface area contributed by atoms with Crippen molar-refractivity contribution < 1.29 is 24.2 Å². The van der Waals surface area contributed by atoms with Crippen molar-refractivity contribution in [3.8, 4) is 0 Å². The highest BCUT2D eigenvalue weighted by Gasteiger charge is 2.16. The van der Waals surface area contributed by atoms with Crippen LogP contribution in [0.25, 0.3) is 0 Å². The number of nitrogens with zero attached hydrogens (tertiary/aromatic N) is 1. The van der Waals surface area contributed by atoms with Crippen LogP contribution in [0.15, 0.2) is 23.8 Å². The van der Waals surface area contributed by atoms with Crippen LogP contribution in [-0.4, -0.2) is 48.6 Å². The third kappa shape index (κ3) is 6.49. The lowest BCUT2D eigenvalue weighted by Crippen LogP contribution is -2.30. The van der Waals surface area contributed by atoms with Crippen molar-refractivity contribution in [1.82, 2.24) is 4.90 Å². The van der Waals surface area contributed by atoms with Crippen LogP contribution in [0.3, 0.4) is 0 Å². The maximum atomic E-state index is 11.7. The number of aliphatic hydroxyl groups is 1. The fraction of sp³-hybridized carbons (Fsp3) is 0.571. The van der Waals surface area contributed by atoms with Crippen LogP contribution in [0.5, 0.6) is 0 Å². The number of hydrogen-bond acceptors (Lipinski definition) is 6. The molecule has 0 aromatic carbocycles. The van der Waals surface area contributed by atoms with Gasteiger partial charge in [0.25, 0.3) is 0 Å². The first kappa shape index (κ1) is 18.3. The summed E-state index contributed by atoms with van der Waals surface area (Å²) < 4.78 is 9.81. The molecule has 0 amide bonds. The zero-order valence-electron chi connectivity index (χ0n) is 12.7. The molecule has 0 rings (SSSR count). The standard InChI is InChI=1S/C14H23NO5/c1-7-12(16)20-14(18)10(3)8-9(2)13(17)19-11(4)15(5)6/h8,11-12,16H,3,7H2,1-2,4-6H3/b9-8+. The highest BCUT2D eigenvalue weighted by atomic mass is 16.6. The summed E-state index contributed by atoms with van der Waals surface area (Å²) in [6.45, 7) is 8.41. The maximum absolute atomic E-state index is 11.7. The first-order valence-corrected chi connectivity index (χ1v) is 6.32. The Bertz CT molecular complexity index is 400. The van der Waals surface area contributed by atoms with E-state index in [1.54, 1.807) is 32.8 Å². The van der Waals surface area contributed by atoms with E-state index in [0.717, 1.165) is 0 Å². The van der Waals surface area contributed by atoms with E-state index in [1.807, 2.05) is 0 Å². The Balaban J connectivity index is 4.59. The van der Waals surface area contributed by atoms with Crippen LogP contribution in [0.2, 0.25) is 0 Å². The van der Waals surface area contributed by atoms with Gasteiger partial charge in [0.15, 0.2) is 6.23 Å². The number of esters is 2. The molecule has 1 N–H and O–H groups in total. The average molecular weight is 285 g/mol. The molecule has 20 heavy (non-hydrogen) atoms. The van der Waals surface area contributed by atoms with Gasteiger partial charge in [-0.15, -0.1) is 0 Å². The SMILES string of the molecule is C=C(/C=C(\C)C(=O)OC(C)N(C)C)C(=O)OC(O)CC. The number of hydrogen-bond donors (Lipinski definition) is 1. The number of carbonyl (C=O) groups excluding carboxylic acids is 2. The second-order valence-corrected chi connectivity index (χ2v) is 4.59. The topological polar surface area (TPSA) is 76.1 Å². The van der Waals surface area contributed by atoms with Crippen molar-refractivity contribution in [2.75, 3.05) is 14.1 Å². The van der Waals surface area contributed by atoms with Gasteiger partial charge in [0.1, 0.15) is 0 Å². The Morgan fingerprint density at radius 2 is 1.85 bits per heavy atom. The van der Waals surface area contributed by atoms with Crippen molar-refractivity contribution in [3.05, 3.63) is 23.8 Å². The van der Waals surface area contributed by atoms with Gasteiger partial charge in [0.2, 0.25) is 6.29 Å². The smallest absolute Gasteiger partial charge is 0.339 e. The molecule has 0 radical (unpaired) electrons. The second kappa shape index (κ2) is 8.50. The molecule has 6 nitrogen and oxygen atoms in total. The fourth-order valence-corrected chi connectivity index (χ4v) is 1.02. The largest absolute Gasteiger partial charge is 0.443 e. The van der Waals surface area contributed by atoms with Crippen LogP contribution in [0.1, 0.15) is 27.2 Å². The molecule has 0 saturated carbocycles. The van der Waals surface area contributed by atoms with Crippen LogP contribution in [-0.2, 0) is 19.1 Å². The molecule has 0 bridgehead atoms. The molecule has 114 valence electrons. The summed E-state index contributed by atoms with van der Waals surface area (Å²) >= 11 is 0. The van der Waals surface area contributed by atoms with Crippen molar-refractivity contribution in [2.45, 2.75) is 39.7 Å². The molecule has 0 aliphatic carbocycles. The minimum atomic E-state index is -1.17. The van der Waals surface area contributed by atoms with E-state index in [4.69, 9.17) is 4.74 Å². The number of ether oxygens (including phenoxy) is 2. The summed E-state index contributed by atoms with van der Waals surface area (Å²) in [4.78, 5) is 25.0. The molecular weight excluding hydrogens is 262 g/mol. The van der Waals surface area contributed by atoms with Gasteiger partial charge < -0.3 is 14.6 Å². The van der Waals surface area contributed by atoms with Gasteiger partial charge in [-0.2, -0.15) is 0 Å². The molecule has 0 aromatic heterocycles. The van der Waals surface area contributed by atoms with Gasteiger partial charge in [0, 0.05) is 12.0 Å². The van der Waals surface area contributed by atoms with E-state index < -0.39 is 18.2 Å². The van der Waals surface area contributed by atoms with Crippen molar-refractivity contribution >= 4 is 11.9 Å². The fourth-order valence-electron chi connectivity index (χ4n) is 1.02. The van der Waals surface area contributed by atoms with E-state index in [-0.39, 0.29) is 23.8 Å². The molecule has 2 unspecified atom stereocenters. The van der Waals surface area contributed by atoms with E-state index >= 15 is 0 Å². The molecule has 0 spiro atoms. The summed E-state index contributed by atoms with van der Waals surface area (Å²) in [6, 6.07) is 0. The summed E-state index contributed by atoms with van der Waals surface area (Å²) in [6.07, 6.45) is 0.00107. The Kier molecular flexibility index (Phi) is 7.79. The van der Waals surface area contributed by atoms with Gasteiger partial charge in [-0.1, -0.05) is 13.5 Å². The summed E-state index contributed by atoms with van der Waals surface area (Å²) in [5, 5.41) is 9.20. The Labute approximate surface area is 119 Å². The lowest BCUT2D eigenvalue weighted by atomic mass is 10.2. The molecule has 0 aliphatic rings. The van der Waals surface area contributed by atoms with Crippen LogP contribution in [0.4, 0.5) is 0 Å². The summed E-state index contributed by atoms with van der Waals surface area (Å²) in [5.74, 6) is -1.32. The van der Waals surface area contributed by atoms with Crippen molar-refractivity contribution in [2.24, 2.45) is 0 Å². The maximum Gasteiger partial charge on any atom is 0.339 e. The minimum Gasteiger partial charge on any atom is -0.443 e. The third-order valence-electron chi connectivity index (χ3n) is 2.57. The lowest BCUT2D eigenvalue weighted by Gasteiger charge is -2.20.